The van der Waals surface area contributed by atoms with Crippen molar-refractivity contribution in [2.45, 2.75) is 18.8 Å². The molecule has 2 aromatic rings. The molecular weight excluding hydrogens is 326 g/mol. The van der Waals surface area contributed by atoms with Crippen molar-refractivity contribution in [3.63, 3.8) is 0 Å². The number of hydrogen-bond donors (Lipinski definition) is 0. The predicted molar refractivity (Wildman–Crippen MR) is 103 cm³/mol. The third-order valence-electron chi connectivity index (χ3n) is 4.94. The molecule has 5 nitrogen and oxygen atoms in total. The highest BCUT2D eigenvalue weighted by Crippen LogP contribution is 2.31. The monoisotopic (exact) mass is 353 g/mol. The van der Waals surface area contributed by atoms with Gasteiger partial charge in [-0.1, -0.05) is 18.2 Å². The number of nitrogens with zero attached hydrogens (tertiary/aromatic N) is 3. The molecule has 1 fully saturated rings. The van der Waals surface area contributed by atoms with Crippen LogP contribution in [0.15, 0.2) is 42.5 Å². The van der Waals surface area contributed by atoms with Crippen molar-refractivity contribution in [1.82, 2.24) is 14.8 Å². The number of carbonyl (C=O) groups is 1. The average Bonchev–Trinajstić information content (AvgIpc) is 2.68. The average molecular weight is 353 g/mol. The minimum absolute atomic E-state index is 0.154. The number of ether oxygens (including phenoxy) is 1. The number of pyridine rings is 1. The number of aromatic nitrogens is 1. The Morgan fingerprint density at radius 3 is 2.81 bits per heavy atom. The van der Waals surface area contributed by atoms with Gasteiger partial charge in [-0.3, -0.25) is 14.7 Å². The first-order valence-electron chi connectivity index (χ1n) is 9.11. The fraction of sp³-hybridized carbons (Fsp3) is 0.429. The van der Waals surface area contributed by atoms with Gasteiger partial charge in [0.2, 0.25) is 5.91 Å². The molecule has 5 heteroatoms. The van der Waals surface area contributed by atoms with Crippen LogP contribution in [0.25, 0.3) is 11.3 Å². The number of methoxy groups -OCH3 is 1. The van der Waals surface area contributed by atoms with Crippen LogP contribution in [0.5, 0.6) is 5.75 Å². The molecule has 2 heterocycles. The van der Waals surface area contributed by atoms with Gasteiger partial charge in [0.1, 0.15) is 5.75 Å². The van der Waals surface area contributed by atoms with Crippen molar-refractivity contribution >= 4 is 5.91 Å². The Balaban J connectivity index is 1.78. The second-order valence-corrected chi connectivity index (χ2v) is 7.01. The molecule has 1 aliphatic heterocycles. The lowest BCUT2D eigenvalue weighted by molar-refractivity contribution is -0.130. The van der Waals surface area contributed by atoms with E-state index in [-0.39, 0.29) is 5.91 Å². The SMILES string of the molecule is COc1ccccc1-c1cccc([C@@H]2CCCN(CC(=O)N(C)C)C2)n1. The minimum atomic E-state index is 0.154. The summed E-state index contributed by atoms with van der Waals surface area (Å²) in [5.41, 5.74) is 3.03. The fourth-order valence-corrected chi connectivity index (χ4v) is 3.46. The number of rotatable bonds is 5. The quantitative estimate of drug-likeness (QED) is 0.829. The molecule has 1 aliphatic rings. The fourth-order valence-electron chi connectivity index (χ4n) is 3.46. The van der Waals surface area contributed by atoms with E-state index in [9.17, 15) is 4.79 Å². The number of likely N-dealkylation sites (N-methyl/N-ethyl adjacent to an activating group) is 1. The van der Waals surface area contributed by atoms with Gasteiger partial charge in [-0.05, 0) is 43.7 Å². The van der Waals surface area contributed by atoms with Crippen molar-refractivity contribution < 1.29 is 9.53 Å². The summed E-state index contributed by atoms with van der Waals surface area (Å²) in [6.07, 6.45) is 2.20. The molecular formula is C21H27N3O2. The molecule has 0 aliphatic carbocycles. The first kappa shape index (κ1) is 18.4. The highest BCUT2D eigenvalue weighted by Gasteiger charge is 2.24. The van der Waals surface area contributed by atoms with Gasteiger partial charge in [0.25, 0.3) is 0 Å². The van der Waals surface area contributed by atoms with Crippen LogP contribution in [0.3, 0.4) is 0 Å². The van der Waals surface area contributed by atoms with Crippen LogP contribution in [0.4, 0.5) is 0 Å². The molecule has 0 N–H and O–H groups in total. The van der Waals surface area contributed by atoms with Crippen LogP contribution in [-0.4, -0.2) is 61.5 Å². The van der Waals surface area contributed by atoms with Crippen LogP contribution in [0.2, 0.25) is 0 Å². The van der Waals surface area contributed by atoms with E-state index in [0.717, 1.165) is 48.6 Å². The Kier molecular flexibility index (Phi) is 5.89. The number of piperidine rings is 1. The molecule has 0 radical (unpaired) electrons. The van der Waals surface area contributed by atoms with Gasteiger partial charge < -0.3 is 9.64 Å². The number of hydrogen-bond acceptors (Lipinski definition) is 4. The predicted octanol–water partition coefficient (Wildman–Crippen LogP) is 3.02. The first-order chi connectivity index (χ1) is 12.6. The van der Waals surface area contributed by atoms with Gasteiger partial charge in [0.15, 0.2) is 0 Å². The van der Waals surface area contributed by atoms with E-state index in [1.807, 2.05) is 44.4 Å². The van der Waals surface area contributed by atoms with E-state index in [1.54, 1.807) is 12.0 Å². The standard InChI is InChI=1S/C21H27N3O2/c1-23(2)21(25)15-24-13-7-8-16(14-24)18-10-6-11-19(22-18)17-9-4-5-12-20(17)26-3/h4-6,9-12,16H,7-8,13-15H2,1-3H3/t16-/m1/s1. The zero-order chi connectivity index (χ0) is 18.5. The topological polar surface area (TPSA) is 45.7 Å². The Morgan fingerprint density at radius 2 is 2.04 bits per heavy atom. The Labute approximate surface area is 155 Å². The van der Waals surface area contributed by atoms with Gasteiger partial charge in [-0.2, -0.15) is 0 Å². The van der Waals surface area contributed by atoms with Crippen molar-refractivity contribution in [3.8, 4) is 17.0 Å². The van der Waals surface area contributed by atoms with Crippen LogP contribution in [0, 0.1) is 0 Å². The van der Waals surface area contributed by atoms with Gasteiger partial charge in [-0.15, -0.1) is 0 Å². The third kappa shape index (κ3) is 4.22. The zero-order valence-electron chi connectivity index (χ0n) is 15.8. The van der Waals surface area contributed by atoms with E-state index >= 15 is 0 Å². The molecule has 0 spiro atoms. The van der Waals surface area contributed by atoms with Crippen LogP contribution >= 0.6 is 0 Å². The van der Waals surface area contributed by atoms with E-state index in [0.29, 0.717) is 12.5 Å². The van der Waals surface area contributed by atoms with Gasteiger partial charge >= 0.3 is 0 Å². The van der Waals surface area contributed by atoms with E-state index < -0.39 is 0 Å². The summed E-state index contributed by atoms with van der Waals surface area (Å²) >= 11 is 0. The summed E-state index contributed by atoms with van der Waals surface area (Å²) in [6.45, 7) is 2.33. The normalized spacial score (nSPS) is 17.7. The molecule has 0 saturated carbocycles. The summed E-state index contributed by atoms with van der Waals surface area (Å²) in [7, 11) is 5.30. The summed E-state index contributed by atoms with van der Waals surface area (Å²) in [6, 6.07) is 14.1. The number of para-hydroxylation sites is 1. The lowest BCUT2D eigenvalue weighted by Crippen LogP contribution is -2.41. The molecule has 1 saturated heterocycles. The highest BCUT2D eigenvalue weighted by atomic mass is 16.5. The van der Waals surface area contributed by atoms with Crippen LogP contribution in [-0.2, 0) is 4.79 Å². The van der Waals surface area contributed by atoms with Crippen molar-refractivity contribution in [3.05, 3.63) is 48.2 Å². The largest absolute Gasteiger partial charge is 0.496 e. The Bertz CT molecular complexity index is 760. The maximum Gasteiger partial charge on any atom is 0.236 e. The summed E-state index contributed by atoms with van der Waals surface area (Å²) in [5, 5.41) is 0. The third-order valence-corrected chi connectivity index (χ3v) is 4.94. The maximum atomic E-state index is 12.0. The smallest absolute Gasteiger partial charge is 0.236 e. The van der Waals surface area contributed by atoms with Crippen molar-refractivity contribution in [2.75, 3.05) is 40.8 Å². The summed E-state index contributed by atoms with van der Waals surface area (Å²) in [5.74, 6) is 1.34. The maximum absolute atomic E-state index is 12.0. The van der Waals surface area contributed by atoms with Gasteiger partial charge in [-0.25, -0.2) is 0 Å². The minimum Gasteiger partial charge on any atom is -0.496 e. The Hall–Kier alpha value is -2.40. The second kappa shape index (κ2) is 8.32. The molecule has 1 amide bonds. The second-order valence-electron chi connectivity index (χ2n) is 7.01. The molecule has 0 unspecified atom stereocenters. The molecule has 0 bridgehead atoms. The van der Waals surface area contributed by atoms with E-state index in [2.05, 4.69) is 17.0 Å². The van der Waals surface area contributed by atoms with Gasteiger partial charge in [0.05, 0.1) is 19.3 Å². The van der Waals surface area contributed by atoms with Crippen LogP contribution in [0.1, 0.15) is 24.5 Å². The van der Waals surface area contributed by atoms with Crippen LogP contribution < -0.4 is 4.74 Å². The molecule has 1 aromatic carbocycles. The van der Waals surface area contributed by atoms with Crippen molar-refractivity contribution in [1.29, 1.82) is 0 Å². The zero-order valence-corrected chi connectivity index (χ0v) is 15.8. The number of likely N-dealkylation sites (tertiary alicyclic amines) is 1. The number of carbonyl (C=O) groups excluding carboxylic acids is 1. The number of benzene rings is 1. The molecule has 1 aromatic heterocycles. The summed E-state index contributed by atoms with van der Waals surface area (Å²) in [4.78, 5) is 20.8. The Morgan fingerprint density at radius 1 is 1.23 bits per heavy atom. The number of amides is 1. The molecule has 26 heavy (non-hydrogen) atoms. The van der Waals surface area contributed by atoms with E-state index in [1.165, 1.54) is 0 Å². The molecule has 3 rings (SSSR count). The first-order valence-corrected chi connectivity index (χ1v) is 9.11. The highest BCUT2D eigenvalue weighted by molar-refractivity contribution is 5.77. The lowest BCUT2D eigenvalue weighted by Gasteiger charge is -2.32. The molecule has 138 valence electrons. The van der Waals surface area contributed by atoms with Crippen molar-refractivity contribution in [2.24, 2.45) is 0 Å². The summed E-state index contributed by atoms with van der Waals surface area (Å²) < 4.78 is 5.48. The molecule has 1 atom stereocenters. The lowest BCUT2D eigenvalue weighted by atomic mass is 9.93. The van der Waals surface area contributed by atoms with E-state index in [4.69, 9.17) is 9.72 Å². The van der Waals surface area contributed by atoms with Gasteiger partial charge in [0, 0.05) is 37.8 Å².